The van der Waals surface area contributed by atoms with E-state index in [2.05, 4.69) is 67.3 Å². The minimum absolute atomic E-state index is 0.748. The van der Waals surface area contributed by atoms with Crippen LogP contribution in [-0.2, 0) is 4.74 Å². The lowest BCUT2D eigenvalue weighted by Crippen LogP contribution is -2.38. The lowest BCUT2D eigenvalue weighted by atomic mass is 9.93. The molecule has 3 heteroatoms. The van der Waals surface area contributed by atoms with E-state index in [4.69, 9.17) is 9.47 Å². The van der Waals surface area contributed by atoms with Crippen molar-refractivity contribution in [3.8, 4) is 16.9 Å². The molecule has 0 aromatic heterocycles. The first kappa shape index (κ1) is 16.0. The molecule has 2 aromatic rings. The van der Waals surface area contributed by atoms with Crippen molar-refractivity contribution < 1.29 is 9.47 Å². The van der Waals surface area contributed by atoms with Crippen LogP contribution in [0.25, 0.3) is 16.7 Å². The number of morpholine rings is 1. The summed E-state index contributed by atoms with van der Waals surface area (Å²) < 4.78 is 11.9. The maximum absolute atomic E-state index is 6.43. The Morgan fingerprint density at radius 3 is 2.32 bits per heavy atom. The number of benzene rings is 2. The molecule has 3 nitrogen and oxygen atoms in total. The molecule has 0 unspecified atom stereocenters. The van der Waals surface area contributed by atoms with Crippen molar-refractivity contribution in [3.05, 3.63) is 71.6 Å². The smallest absolute Gasteiger partial charge is 0.196 e. The Balaban J connectivity index is 1.83. The van der Waals surface area contributed by atoms with Gasteiger partial charge in [-0.3, -0.25) is 0 Å². The maximum Gasteiger partial charge on any atom is 0.196 e. The van der Waals surface area contributed by atoms with Crippen molar-refractivity contribution in [2.45, 2.75) is 13.8 Å². The van der Waals surface area contributed by atoms with Gasteiger partial charge in [0.05, 0.1) is 13.2 Å². The second-order valence-electron chi connectivity index (χ2n) is 6.65. The van der Waals surface area contributed by atoms with Crippen molar-refractivity contribution in [3.63, 3.8) is 0 Å². The third kappa shape index (κ3) is 3.08. The van der Waals surface area contributed by atoms with E-state index in [0.717, 1.165) is 43.5 Å². The number of nitrogens with zero attached hydrogens (tertiary/aromatic N) is 1. The lowest BCUT2D eigenvalue weighted by Gasteiger charge is -2.34. The van der Waals surface area contributed by atoms with Crippen LogP contribution < -0.4 is 4.74 Å². The summed E-state index contributed by atoms with van der Waals surface area (Å²) >= 11 is 0. The molecular weight excluding hydrogens is 310 g/mol. The molecule has 0 atom stereocenters. The van der Waals surface area contributed by atoms with Gasteiger partial charge in [0, 0.05) is 30.3 Å². The second-order valence-corrected chi connectivity index (χ2v) is 6.65. The van der Waals surface area contributed by atoms with Crippen LogP contribution in [0.5, 0.6) is 5.75 Å². The first-order valence-corrected chi connectivity index (χ1v) is 8.82. The molecule has 0 bridgehead atoms. The molecule has 1 saturated heterocycles. The van der Waals surface area contributed by atoms with Gasteiger partial charge in [-0.05, 0) is 25.0 Å². The predicted molar refractivity (Wildman–Crippen MR) is 101 cm³/mol. The van der Waals surface area contributed by atoms with Crippen molar-refractivity contribution in [1.29, 1.82) is 0 Å². The van der Waals surface area contributed by atoms with E-state index in [0.29, 0.717) is 0 Å². The summed E-state index contributed by atoms with van der Waals surface area (Å²) in [5.41, 5.74) is 6.02. The van der Waals surface area contributed by atoms with E-state index in [1.54, 1.807) is 0 Å². The quantitative estimate of drug-likeness (QED) is 0.794. The summed E-state index contributed by atoms with van der Waals surface area (Å²) in [7, 11) is 0. The molecule has 1 fully saturated rings. The minimum atomic E-state index is 0.748. The molecule has 2 heterocycles. The molecule has 2 aliphatic heterocycles. The van der Waals surface area contributed by atoms with Crippen LogP contribution in [0.3, 0.4) is 0 Å². The number of ether oxygens (including phenoxy) is 2. The van der Waals surface area contributed by atoms with Gasteiger partial charge in [0.25, 0.3) is 0 Å². The van der Waals surface area contributed by atoms with Gasteiger partial charge < -0.3 is 14.4 Å². The van der Waals surface area contributed by atoms with Gasteiger partial charge in [0.1, 0.15) is 5.75 Å². The summed E-state index contributed by atoms with van der Waals surface area (Å²) in [6.45, 7) is 7.55. The summed E-state index contributed by atoms with van der Waals surface area (Å²) in [4.78, 5) is 2.27. The molecule has 0 amide bonds. The van der Waals surface area contributed by atoms with Gasteiger partial charge in [0.15, 0.2) is 5.88 Å². The topological polar surface area (TPSA) is 21.7 Å². The Labute approximate surface area is 149 Å². The van der Waals surface area contributed by atoms with Gasteiger partial charge >= 0.3 is 0 Å². The Hall–Kier alpha value is -2.52. The van der Waals surface area contributed by atoms with Gasteiger partial charge in [-0.2, -0.15) is 0 Å². The van der Waals surface area contributed by atoms with Crippen LogP contribution in [0, 0.1) is 0 Å². The number of fused-ring (bicyclic) bond motifs is 1. The fourth-order valence-corrected chi connectivity index (χ4v) is 3.39. The van der Waals surface area contributed by atoms with Crippen LogP contribution >= 0.6 is 0 Å². The normalized spacial score (nSPS) is 16.8. The largest absolute Gasteiger partial charge is 0.440 e. The molecule has 2 aromatic carbocycles. The average molecular weight is 333 g/mol. The van der Waals surface area contributed by atoms with Crippen molar-refractivity contribution >= 4 is 5.57 Å². The van der Waals surface area contributed by atoms with Crippen LogP contribution in [0.15, 0.2) is 66.1 Å². The number of hydrogen-bond donors (Lipinski definition) is 0. The zero-order chi connectivity index (χ0) is 17.2. The third-order valence-corrected chi connectivity index (χ3v) is 4.73. The molecular formula is C22H23NO2. The van der Waals surface area contributed by atoms with E-state index < -0.39 is 0 Å². The molecule has 0 aliphatic carbocycles. The van der Waals surface area contributed by atoms with Gasteiger partial charge in [-0.15, -0.1) is 0 Å². The lowest BCUT2D eigenvalue weighted by molar-refractivity contribution is 0.0347. The monoisotopic (exact) mass is 333 g/mol. The van der Waals surface area contributed by atoms with Gasteiger partial charge in [0.2, 0.25) is 0 Å². The molecule has 0 N–H and O–H groups in total. The summed E-state index contributed by atoms with van der Waals surface area (Å²) in [5, 5.41) is 0. The zero-order valence-corrected chi connectivity index (χ0v) is 14.8. The fourth-order valence-electron chi connectivity index (χ4n) is 3.39. The van der Waals surface area contributed by atoms with Crippen LogP contribution in [0.2, 0.25) is 0 Å². The molecule has 0 saturated carbocycles. The standard InChI is InChI=1S/C22H23NO2/c1-16(2)20-15-21(23-11-13-24-14-12-23)25-22-18(9-6-10-19(20)22)17-7-4-3-5-8-17/h3-10,15H,11-14H2,1-2H3. The van der Waals surface area contributed by atoms with E-state index in [9.17, 15) is 0 Å². The highest BCUT2D eigenvalue weighted by Crippen LogP contribution is 2.42. The van der Waals surface area contributed by atoms with Crippen LogP contribution in [0.4, 0.5) is 0 Å². The van der Waals surface area contributed by atoms with Crippen LogP contribution in [0.1, 0.15) is 19.4 Å². The minimum Gasteiger partial charge on any atom is -0.440 e. The van der Waals surface area contributed by atoms with Crippen molar-refractivity contribution in [1.82, 2.24) is 4.90 Å². The van der Waals surface area contributed by atoms with E-state index in [-0.39, 0.29) is 0 Å². The van der Waals surface area contributed by atoms with E-state index in [1.165, 1.54) is 22.3 Å². The fraction of sp³-hybridized carbons (Fsp3) is 0.273. The Kier molecular flexibility index (Phi) is 4.33. The number of rotatable bonds is 2. The van der Waals surface area contributed by atoms with Gasteiger partial charge in [-0.1, -0.05) is 54.1 Å². The molecule has 25 heavy (non-hydrogen) atoms. The average Bonchev–Trinajstić information content (AvgIpc) is 2.68. The van der Waals surface area contributed by atoms with Crippen molar-refractivity contribution in [2.24, 2.45) is 0 Å². The first-order chi connectivity index (χ1) is 12.2. The van der Waals surface area contributed by atoms with E-state index >= 15 is 0 Å². The molecule has 0 radical (unpaired) electrons. The van der Waals surface area contributed by atoms with E-state index in [1.807, 2.05) is 6.07 Å². The SMILES string of the molecule is CC(C)=C1C=C(N2CCOCC2)Oc2c1cccc2-c1ccccc1. The summed E-state index contributed by atoms with van der Waals surface area (Å²) in [6.07, 6.45) is 2.18. The Morgan fingerprint density at radius 2 is 1.60 bits per heavy atom. The number of allylic oxidation sites excluding steroid dienone is 3. The third-order valence-electron chi connectivity index (χ3n) is 4.73. The highest BCUT2D eigenvalue weighted by atomic mass is 16.5. The molecule has 4 rings (SSSR count). The highest BCUT2D eigenvalue weighted by Gasteiger charge is 2.25. The maximum atomic E-state index is 6.43. The van der Waals surface area contributed by atoms with Crippen molar-refractivity contribution in [2.75, 3.05) is 26.3 Å². The molecule has 0 spiro atoms. The zero-order valence-electron chi connectivity index (χ0n) is 14.8. The second kappa shape index (κ2) is 6.77. The summed E-state index contributed by atoms with van der Waals surface area (Å²) in [6, 6.07) is 16.8. The Morgan fingerprint density at radius 1 is 0.880 bits per heavy atom. The van der Waals surface area contributed by atoms with Gasteiger partial charge in [-0.25, -0.2) is 0 Å². The first-order valence-electron chi connectivity index (χ1n) is 8.82. The highest BCUT2D eigenvalue weighted by molar-refractivity contribution is 5.87. The molecule has 2 aliphatic rings. The Bertz CT molecular complexity index is 826. The molecule has 128 valence electrons. The van der Waals surface area contributed by atoms with Crippen LogP contribution in [-0.4, -0.2) is 31.2 Å². The summed E-state index contributed by atoms with van der Waals surface area (Å²) in [5.74, 6) is 1.88. The predicted octanol–water partition coefficient (Wildman–Crippen LogP) is 4.71. The number of hydrogen-bond acceptors (Lipinski definition) is 3. The number of para-hydroxylation sites is 1.